The number of hydrogen-bond donors (Lipinski definition) is 0. The first kappa shape index (κ1) is 17.4. The topological polar surface area (TPSA) is 26.3 Å². The Hall–Kier alpha value is -2.00. The standard InChI is InChI=1S/C20H22O2S/c1-13-6-8-18(9-7-13)23-12-17(5)20(21)22-19-15(3)10-14(2)11-16(19)4/h6-11H,5,12H2,1-4H3. The number of carbonyl (C=O) groups excluding carboxylic acids is 1. The SMILES string of the molecule is C=C(CSc1ccc(C)cc1)C(=O)Oc1c(C)cc(C)cc1C. The van der Waals surface area contributed by atoms with E-state index in [4.69, 9.17) is 4.74 Å². The van der Waals surface area contributed by atoms with Crippen LogP contribution in [-0.2, 0) is 4.79 Å². The molecule has 0 saturated heterocycles. The normalized spacial score (nSPS) is 10.4. The lowest BCUT2D eigenvalue weighted by atomic mass is 10.1. The van der Waals surface area contributed by atoms with Crippen molar-refractivity contribution in [3.8, 4) is 5.75 Å². The maximum absolute atomic E-state index is 12.2. The number of ether oxygens (including phenoxy) is 1. The van der Waals surface area contributed by atoms with Crippen LogP contribution in [0.5, 0.6) is 5.75 Å². The highest BCUT2D eigenvalue weighted by Gasteiger charge is 2.14. The molecule has 3 heteroatoms. The Morgan fingerprint density at radius 3 is 2.13 bits per heavy atom. The van der Waals surface area contributed by atoms with E-state index in [2.05, 4.69) is 25.6 Å². The van der Waals surface area contributed by atoms with Crippen molar-refractivity contribution in [2.75, 3.05) is 5.75 Å². The number of esters is 1. The van der Waals surface area contributed by atoms with Gasteiger partial charge in [-0.2, -0.15) is 0 Å². The molecule has 0 aliphatic rings. The predicted octanol–water partition coefficient (Wildman–Crippen LogP) is 5.17. The molecule has 2 aromatic carbocycles. The smallest absolute Gasteiger partial charge is 0.339 e. The zero-order valence-electron chi connectivity index (χ0n) is 14.1. The summed E-state index contributed by atoms with van der Waals surface area (Å²) in [4.78, 5) is 13.4. The summed E-state index contributed by atoms with van der Waals surface area (Å²) < 4.78 is 5.55. The Balaban J connectivity index is 1.98. The van der Waals surface area contributed by atoms with Gasteiger partial charge in [0, 0.05) is 16.2 Å². The second-order valence-electron chi connectivity index (χ2n) is 5.82. The van der Waals surface area contributed by atoms with Crippen LogP contribution in [-0.4, -0.2) is 11.7 Å². The van der Waals surface area contributed by atoms with Crippen molar-refractivity contribution in [1.29, 1.82) is 0 Å². The van der Waals surface area contributed by atoms with E-state index in [1.807, 2.05) is 45.0 Å². The largest absolute Gasteiger partial charge is 0.423 e. The first-order chi connectivity index (χ1) is 10.9. The molecule has 2 nitrogen and oxygen atoms in total. The minimum Gasteiger partial charge on any atom is -0.423 e. The van der Waals surface area contributed by atoms with Gasteiger partial charge < -0.3 is 4.74 Å². The second kappa shape index (κ2) is 7.51. The van der Waals surface area contributed by atoms with Gasteiger partial charge in [0.05, 0.1) is 0 Å². The molecular formula is C20H22O2S. The maximum atomic E-state index is 12.2. The van der Waals surface area contributed by atoms with E-state index >= 15 is 0 Å². The monoisotopic (exact) mass is 326 g/mol. The highest BCUT2D eigenvalue weighted by molar-refractivity contribution is 7.99. The van der Waals surface area contributed by atoms with Gasteiger partial charge in [0.1, 0.15) is 5.75 Å². The molecule has 120 valence electrons. The van der Waals surface area contributed by atoms with Crippen molar-refractivity contribution in [2.45, 2.75) is 32.6 Å². The summed E-state index contributed by atoms with van der Waals surface area (Å²) in [6.07, 6.45) is 0. The number of aryl methyl sites for hydroxylation is 4. The molecule has 0 atom stereocenters. The number of thioether (sulfide) groups is 1. The van der Waals surface area contributed by atoms with Crippen LogP contribution in [0.25, 0.3) is 0 Å². The van der Waals surface area contributed by atoms with Gasteiger partial charge >= 0.3 is 5.97 Å². The molecule has 0 N–H and O–H groups in total. The van der Waals surface area contributed by atoms with Crippen molar-refractivity contribution in [2.24, 2.45) is 0 Å². The first-order valence-corrected chi connectivity index (χ1v) is 8.52. The quantitative estimate of drug-likeness (QED) is 0.328. The third-order valence-corrected chi connectivity index (χ3v) is 4.62. The fourth-order valence-corrected chi connectivity index (χ4v) is 3.14. The zero-order valence-corrected chi connectivity index (χ0v) is 14.9. The van der Waals surface area contributed by atoms with E-state index in [1.165, 1.54) is 5.56 Å². The minimum atomic E-state index is -0.361. The fraction of sp³-hybridized carbons (Fsp3) is 0.250. The van der Waals surface area contributed by atoms with Crippen molar-refractivity contribution in [3.05, 3.63) is 70.8 Å². The van der Waals surface area contributed by atoms with Gasteiger partial charge in [0.15, 0.2) is 0 Å². The van der Waals surface area contributed by atoms with E-state index in [0.29, 0.717) is 17.1 Å². The van der Waals surface area contributed by atoms with Gasteiger partial charge in [-0.25, -0.2) is 4.79 Å². The Bertz CT molecular complexity index is 707. The summed E-state index contributed by atoms with van der Waals surface area (Å²) in [7, 11) is 0. The molecule has 0 heterocycles. The predicted molar refractivity (Wildman–Crippen MR) is 97.3 cm³/mol. The summed E-state index contributed by atoms with van der Waals surface area (Å²) in [6.45, 7) is 11.8. The molecular weight excluding hydrogens is 304 g/mol. The molecule has 0 radical (unpaired) electrons. The summed E-state index contributed by atoms with van der Waals surface area (Å²) in [5, 5.41) is 0. The molecule has 0 amide bonds. The molecule has 0 unspecified atom stereocenters. The van der Waals surface area contributed by atoms with Crippen LogP contribution in [0, 0.1) is 27.7 Å². The van der Waals surface area contributed by atoms with Crippen molar-refractivity contribution >= 4 is 17.7 Å². The molecule has 0 aliphatic carbocycles. The summed E-state index contributed by atoms with van der Waals surface area (Å²) in [5.74, 6) is 0.799. The van der Waals surface area contributed by atoms with Gasteiger partial charge in [0.25, 0.3) is 0 Å². The Morgan fingerprint density at radius 2 is 1.57 bits per heavy atom. The van der Waals surface area contributed by atoms with Gasteiger partial charge in [-0.15, -0.1) is 11.8 Å². The number of rotatable bonds is 5. The molecule has 0 fully saturated rings. The average Bonchev–Trinajstić information content (AvgIpc) is 2.49. The molecule has 0 aromatic heterocycles. The van der Waals surface area contributed by atoms with Gasteiger partial charge in [-0.3, -0.25) is 0 Å². The van der Waals surface area contributed by atoms with E-state index in [0.717, 1.165) is 21.6 Å². The van der Waals surface area contributed by atoms with E-state index < -0.39 is 0 Å². The van der Waals surface area contributed by atoms with E-state index in [-0.39, 0.29) is 5.97 Å². The zero-order chi connectivity index (χ0) is 17.0. The van der Waals surface area contributed by atoms with Crippen LogP contribution < -0.4 is 4.74 Å². The summed E-state index contributed by atoms with van der Waals surface area (Å²) in [6, 6.07) is 12.2. The molecule has 2 rings (SSSR count). The van der Waals surface area contributed by atoms with Crippen LogP contribution in [0.4, 0.5) is 0 Å². The van der Waals surface area contributed by atoms with Crippen molar-refractivity contribution in [3.63, 3.8) is 0 Å². The molecule has 23 heavy (non-hydrogen) atoms. The summed E-state index contributed by atoms with van der Waals surface area (Å²) in [5.41, 5.74) is 4.78. The Kier molecular flexibility index (Phi) is 5.67. The lowest BCUT2D eigenvalue weighted by Gasteiger charge is -2.12. The minimum absolute atomic E-state index is 0.361. The van der Waals surface area contributed by atoms with Crippen LogP contribution in [0.3, 0.4) is 0 Å². The van der Waals surface area contributed by atoms with Crippen molar-refractivity contribution < 1.29 is 9.53 Å². The second-order valence-corrected chi connectivity index (χ2v) is 6.87. The van der Waals surface area contributed by atoms with Gasteiger partial charge in [0.2, 0.25) is 0 Å². The molecule has 0 aliphatic heterocycles. The van der Waals surface area contributed by atoms with Gasteiger partial charge in [-0.05, 0) is 51.0 Å². The highest BCUT2D eigenvalue weighted by atomic mass is 32.2. The van der Waals surface area contributed by atoms with E-state index in [1.54, 1.807) is 11.8 Å². The Labute approximate surface area is 142 Å². The van der Waals surface area contributed by atoms with Crippen LogP contribution in [0.2, 0.25) is 0 Å². The van der Waals surface area contributed by atoms with Crippen LogP contribution in [0.1, 0.15) is 22.3 Å². The maximum Gasteiger partial charge on any atom is 0.339 e. The molecule has 0 saturated carbocycles. The average molecular weight is 326 g/mol. The van der Waals surface area contributed by atoms with Crippen LogP contribution >= 0.6 is 11.8 Å². The Morgan fingerprint density at radius 1 is 1.00 bits per heavy atom. The third-order valence-electron chi connectivity index (χ3n) is 3.52. The molecule has 0 bridgehead atoms. The summed E-state index contributed by atoms with van der Waals surface area (Å²) >= 11 is 1.59. The lowest BCUT2D eigenvalue weighted by Crippen LogP contribution is -2.13. The third kappa shape index (κ3) is 4.73. The number of carbonyl (C=O) groups is 1. The lowest BCUT2D eigenvalue weighted by molar-refractivity contribution is -0.130. The van der Waals surface area contributed by atoms with Crippen molar-refractivity contribution in [1.82, 2.24) is 0 Å². The molecule has 2 aromatic rings. The van der Waals surface area contributed by atoms with E-state index in [9.17, 15) is 4.79 Å². The van der Waals surface area contributed by atoms with Gasteiger partial charge in [-0.1, -0.05) is 42.0 Å². The van der Waals surface area contributed by atoms with Crippen LogP contribution in [0.15, 0.2) is 53.4 Å². The fourth-order valence-electron chi connectivity index (χ4n) is 2.36. The molecule has 0 spiro atoms. The first-order valence-electron chi connectivity index (χ1n) is 7.54. The highest BCUT2D eigenvalue weighted by Crippen LogP contribution is 2.26. The number of benzene rings is 2. The number of hydrogen-bond acceptors (Lipinski definition) is 3.